The van der Waals surface area contributed by atoms with Crippen LogP contribution in [0.1, 0.15) is 5.69 Å². The van der Waals surface area contributed by atoms with E-state index < -0.39 is 5.91 Å². The van der Waals surface area contributed by atoms with Gasteiger partial charge in [0, 0.05) is 28.1 Å². The van der Waals surface area contributed by atoms with E-state index in [1.807, 2.05) is 28.3 Å². The fourth-order valence-corrected chi connectivity index (χ4v) is 3.77. The highest BCUT2D eigenvalue weighted by Crippen LogP contribution is 2.30. The molecule has 0 spiro atoms. The number of hydrogen-bond acceptors (Lipinski definition) is 7. The number of amides is 1. The Kier molecular flexibility index (Phi) is 5.86. The monoisotopic (exact) mass is 397 g/mol. The van der Waals surface area contributed by atoms with Crippen LogP contribution in [0.15, 0.2) is 46.0 Å². The summed E-state index contributed by atoms with van der Waals surface area (Å²) in [7, 11) is 3.04. The number of thiophene rings is 1. The largest absolute Gasteiger partial charge is 0.493 e. The van der Waals surface area contributed by atoms with Gasteiger partial charge in [0.05, 0.1) is 19.9 Å². The van der Waals surface area contributed by atoms with Gasteiger partial charge in [-0.25, -0.2) is 4.98 Å². The molecule has 0 atom stereocenters. The third kappa shape index (κ3) is 4.34. The Morgan fingerprint density at radius 3 is 2.70 bits per heavy atom. The number of carbonyl (C=O) groups is 1. The Labute approximate surface area is 164 Å². The predicted octanol–water partition coefficient (Wildman–Crippen LogP) is 4.43. The van der Waals surface area contributed by atoms with Gasteiger partial charge >= 0.3 is 0 Å². The molecule has 8 heteroatoms. The Hall–Kier alpha value is -3.15. The summed E-state index contributed by atoms with van der Waals surface area (Å²) in [6.45, 7) is 0. The first-order valence-corrected chi connectivity index (χ1v) is 9.60. The van der Waals surface area contributed by atoms with Crippen molar-refractivity contribution >= 4 is 40.3 Å². The number of nitriles is 1. The first-order chi connectivity index (χ1) is 13.1. The van der Waals surface area contributed by atoms with Gasteiger partial charge in [-0.15, -0.1) is 11.3 Å². The Morgan fingerprint density at radius 1 is 1.22 bits per heavy atom. The van der Waals surface area contributed by atoms with Crippen molar-refractivity contribution in [3.05, 3.63) is 51.7 Å². The molecule has 0 fully saturated rings. The second-order valence-electron chi connectivity index (χ2n) is 5.28. The maximum atomic E-state index is 12.4. The molecule has 1 N–H and O–H groups in total. The number of thiazole rings is 1. The molecule has 0 aliphatic heterocycles. The fraction of sp³-hybridized carbons (Fsp3) is 0.105. The molecule has 1 aromatic carbocycles. The van der Waals surface area contributed by atoms with E-state index in [4.69, 9.17) is 9.47 Å². The Bertz CT molecular complexity index is 1020. The molecule has 27 heavy (non-hydrogen) atoms. The van der Waals surface area contributed by atoms with E-state index in [1.165, 1.54) is 31.6 Å². The summed E-state index contributed by atoms with van der Waals surface area (Å²) in [5, 5.41) is 18.7. The van der Waals surface area contributed by atoms with Crippen LogP contribution in [0.3, 0.4) is 0 Å². The zero-order chi connectivity index (χ0) is 19.2. The lowest BCUT2D eigenvalue weighted by molar-refractivity contribution is -0.112. The van der Waals surface area contributed by atoms with Gasteiger partial charge in [0.2, 0.25) is 0 Å². The van der Waals surface area contributed by atoms with Crippen molar-refractivity contribution in [3.8, 4) is 28.1 Å². The van der Waals surface area contributed by atoms with E-state index in [0.29, 0.717) is 22.9 Å². The van der Waals surface area contributed by atoms with Gasteiger partial charge in [-0.2, -0.15) is 16.6 Å². The summed E-state index contributed by atoms with van der Waals surface area (Å²) in [5.41, 5.74) is 2.06. The lowest BCUT2D eigenvalue weighted by atomic mass is 10.2. The standard InChI is InChI=1S/C19H15N3O3S2/c1-24-16-4-3-14(8-17(16)25-2)21-18(23)13(9-20)7-15-11-27-19(22-15)12-5-6-26-10-12/h3-8,10-11H,1-2H3,(H,21,23)/b13-7-. The number of methoxy groups -OCH3 is 2. The Balaban J connectivity index is 1.78. The van der Waals surface area contributed by atoms with Gasteiger partial charge in [-0.3, -0.25) is 4.79 Å². The number of benzene rings is 1. The van der Waals surface area contributed by atoms with Gasteiger partial charge in [-0.1, -0.05) is 0 Å². The minimum absolute atomic E-state index is 0.0352. The normalized spacial score (nSPS) is 10.9. The smallest absolute Gasteiger partial charge is 0.266 e. The summed E-state index contributed by atoms with van der Waals surface area (Å²) in [6.07, 6.45) is 1.47. The average Bonchev–Trinajstić information content (AvgIpc) is 3.37. The third-order valence-electron chi connectivity index (χ3n) is 3.59. The summed E-state index contributed by atoms with van der Waals surface area (Å²) in [5.74, 6) is 0.516. The zero-order valence-electron chi connectivity index (χ0n) is 14.6. The van der Waals surface area contributed by atoms with E-state index in [1.54, 1.807) is 29.5 Å². The molecule has 0 saturated heterocycles. The first kappa shape index (κ1) is 18.6. The number of rotatable bonds is 6. The lowest BCUT2D eigenvalue weighted by Crippen LogP contribution is -2.13. The molecule has 3 rings (SSSR count). The molecule has 3 aromatic rings. The molecule has 1 amide bonds. The lowest BCUT2D eigenvalue weighted by Gasteiger charge is -2.10. The second-order valence-corrected chi connectivity index (χ2v) is 6.92. The van der Waals surface area contributed by atoms with Crippen LogP contribution in [-0.4, -0.2) is 25.1 Å². The average molecular weight is 397 g/mol. The van der Waals surface area contributed by atoms with Crippen LogP contribution in [0.4, 0.5) is 5.69 Å². The van der Waals surface area contributed by atoms with Crippen molar-refractivity contribution in [1.29, 1.82) is 5.26 Å². The van der Waals surface area contributed by atoms with Crippen LogP contribution in [0.25, 0.3) is 16.6 Å². The van der Waals surface area contributed by atoms with Crippen molar-refractivity contribution < 1.29 is 14.3 Å². The summed E-state index contributed by atoms with van der Waals surface area (Å²) >= 11 is 3.05. The molecule has 0 radical (unpaired) electrons. The molecule has 0 bridgehead atoms. The highest BCUT2D eigenvalue weighted by Gasteiger charge is 2.13. The number of carbonyl (C=O) groups excluding carboxylic acids is 1. The van der Waals surface area contributed by atoms with E-state index in [9.17, 15) is 10.1 Å². The minimum Gasteiger partial charge on any atom is -0.493 e. The molecule has 2 aromatic heterocycles. The molecule has 0 saturated carbocycles. The van der Waals surface area contributed by atoms with Crippen LogP contribution in [0.5, 0.6) is 11.5 Å². The van der Waals surface area contributed by atoms with E-state index in [2.05, 4.69) is 10.3 Å². The zero-order valence-corrected chi connectivity index (χ0v) is 16.2. The van der Waals surface area contributed by atoms with E-state index in [0.717, 1.165) is 10.6 Å². The molecular weight excluding hydrogens is 382 g/mol. The predicted molar refractivity (Wildman–Crippen MR) is 107 cm³/mol. The maximum Gasteiger partial charge on any atom is 0.266 e. The molecule has 0 aliphatic rings. The highest BCUT2D eigenvalue weighted by molar-refractivity contribution is 7.14. The first-order valence-electron chi connectivity index (χ1n) is 7.78. The van der Waals surface area contributed by atoms with Crippen LogP contribution in [-0.2, 0) is 4.79 Å². The van der Waals surface area contributed by atoms with Crippen molar-refractivity contribution in [1.82, 2.24) is 4.98 Å². The van der Waals surface area contributed by atoms with E-state index in [-0.39, 0.29) is 5.57 Å². The van der Waals surface area contributed by atoms with Crippen molar-refractivity contribution in [2.75, 3.05) is 19.5 Å². The van der Waals surface area contributed by atoms with Crippen molar-refractivity contribution in [2.45, 2.75) is 0 Å². The SMILES string of the molecule is COc1ccc(NC(=O)/C(C#N)=C\c2csc(-c3ccsc3)n2)cc1OC. The molecule has 0 aliphatic carbocycles. The third-order valence-corrected chi connectivity index (χ3v) is 5.18. The van der Waals surface area contributed by atoms with Gasteiger partial charge in [0.1, 0.15) is 16.6 Å². The number of anilines is 1. The molecule has 2 heterocycles. The summed E-state index contributed by atoms with van der Waals surface area (Å²) in [6, 6.07) is 8.88. The Morgan fingerprint density at radius 2 is 2.04 bits per heavy atom. The highest BCUT2D eigenvalue weighted by atomic mass is 32.1. The maximum absolute atomic E-state index is 12.4. The molecular formula is C19H15N3O3S2. The molecule has 6 nitrogen and oxygen atoms in total. The second kappa shape index (κ2) is 8.49. The van der Waals surface area contributed by atoms with Gasteiger partial charge in [-0.05, 0) is 29.7 Å². The van der Waals surface area contributed by atoms with Crippen molar-refractivity contribution in [2.24, 2.45) is 0 Å². The number of hydrogen-bond donors (Lipinski definition) is 1. The minimum atomic E-state index is -0.519. The number of ether oxygens (including phenoxy) is 2. The van der Waals surface area contributed by atoms with Crippen LogP contribution in [0, 0.1) is 11.3 Å². The quantitative estimate of drug-likeness (QED) is 0.491. The van der Waals surface area contributed by atoms with Crippen molar-refractivity contribution in [3.63, 3.8) is 0 Å². The molecule has 136 valence electrons. The topological polar surface area (TPSA) is 84.2 Å². The van der Waals surface area contributed by atoms with Crippen LogP contribution < -0.4 is 14.8 Å². The van der Waals surface area contributed by atoms with Crippen LogP contribution in [0.2, 0.25) is 0 Å². The fourth-order valence-electron chi connectivity index (χ4n) is 2.28. The van der Waals surface area contributed by atoms with Gasteiger partial charge in [0.25, 0.3) is 5.91 Å². The van der Waals surface area contributed by atoms with Crippen LogP contribution >= 0.6 is 22.7 Å². The number of nitrogens with one attached hydrogen (secondary N) is 1. The molecule has 0 unspecified atom stereocenters. The van der Waals surface area contributed by atoms with E-state index >= 15 is 0 Å². The summed E-state index contributed by atoms with van der Waals surface area (Å²) < 4.78 is 10.4. The number of nitrogens with zero attached hydrogens (tertiary/aromatic N) is 2. The van der Waals surface area contributed by atoms with Gasteiger partial charge < -0.3 is 14.8 Å². The van der Waals surface area contributed by atoms with Gasteiger partial charge in [0.15, 0.2) is 11.5 Å². The number of aromatic nitrogens is 1. The summed E-state index contributed by atoms with van der Waals surface area (Å²) in [4.78, 5) is 16.9.